The number of carbonyl (C=O) groups is 1. The second-order valence-electron chi connectivity index (χ2n) is 8.32. The van der Waals surface area contributed by atoms with Crippen molar-refractivity contribution in [1.29, 1.82) is 0 Å². The quantitative estimate of drug-likeness (QED) is 0.682. The normalized spacial score (nSPS) is 32.6. The van der Waals surface area contributed by atoms with E-state index in [9.17, 15) is 4.79 Å². The zero-order valence-electron chi connectivity index (χ0n) is 15.7. The molecule has 23 heavy (non-hydrogen) atoms. The third-order valence-electron chi connectivity index (χ3n) is 5.11. The smallest absolute Gasteiger partial charge is 0.288 e. The highest BCUT2D eigenvalue weighted by Crippen LogP contribution is 2.46. The highest BCUT2D eigenvalue weighted by atomic mass is 17.0. The molecule has 1 aliphatic carbocycles. The average molecular weight is 326 g/mol. The van der Waals surface area contributed by atoms with Gasteiger partial charge in [0, 0.05) is 12.8 Å². The van der Waals surface area contributed by atoms with Gasteiger partial charge < -0.3 is 9.53 Å². The maximum absolute atomic E-state index is 11.2. The van der Waals surface area contributed by atoms with E-state index in [1.807, 2.05) is 13.8 Å². The summed E-state index contributed by atoms with van der Waals surface area (Å²) in [5.41, 5.74) is 0. The number of carbonyl (C=O) groups excluding carboxylic acids is 1. The van der Waals surface area contributed by atoms with Gasteiger partial charge in [-0.15, -0.1) is 0 Å². The largest absolute Gasteiger partial charge is 0.324 e. The van der Waals surface area contributed by atoms with Crippen LogP contribution < -0.4 is 0 Å². The van der Waals surface area contributed by atoms with E-state index in [2.05, 4.69) is 20.8 Å². The molecule has 1 saturated carbocycles. The van der Waals surface area contributed by atoms with Crippen LogP contribution in [0.15, 0.2) is 0 Å². The molecule has 4 heteroatoms. The topological polar surface area (TPSA) is 44.8 Å². The van der Waals surface area contributed by atoms with Crippen molar-refractivity contribution < 1.29 is 19.0 Å². The summed E-state index contributed by atoms with van der Waals surface area (Å²) in [4.78, 5) is 11.2. The van der Waals surface area contributed by atoms with Gasteiger partial charge >= 0.3 is 0 Å². The summed E-state index contributed by atoms with van der Waals surface area (Å²) in [6.07, 6.45) is 5.61. The Kier molecular flexibility index (Phi) is 5.91. The van der Waals surface area contributed by atoms with Crippen LogP contribution in [0.5, 0.6) is 0 Å². The Balaban J connectivity index is 2.02. The maximum Gasteiger partial charge on any atom is 0.288 e. The molecule has 0 radical (unpaired) electrons. The van der Waals surface area contributed by atoms with Crippen LogP contribution in [0.2, 0.25) is 0 Å². The summed E-state index contributed by atoms with van der Waals surface area (Å²) >= 11 is 0. The fourth-order valence-electron chi connectivity index (χ4n) is 4.00. The summed E-state index contributed by atoms with van der Waals surface area (Å²) in [5.74, 6) is 0.474. The van der Waals surface area contributed by atoms with Gasteiger partial charge in [0.1, 0.15) is 5.78 Å². The molecule has 1 aliphatic heterocycles. The first-order valence-electron chi connectivity index (χ1n) is 9.20. The maximum atomic E-state index is 11.2. The van der Waals surface area contributed by atoms with Gasteiger partial charge in [-0.05, 0) is 57.8 Å². The lowest BCUT2D eigenvalue weighted by molar-refractivity contribution is -0.586. The molecule has 2 fully saturated rings. The second-order valence-corrected chi connectivity index (χ2v) is 8.32. The molecule has 1 heterocycles. The molecular formula is C19H34O4. The van der Waals surface area contributed by atoms with Crippen LogP contribution in [0.4, 0.5) is 0 Å². The number of ketones is 1. The lowest BCUT2D eigenvalue weighted by Gasteiger charge is -2.54. The van der Waals surface area contributed by atoms with Crippen molar-refractivity contribution in [2.24, 2.45) is 17.8 Å². The van der Waals surface area contributed by atoms with Gasteiger partial charge in [-0.2, -0.15) is 0 Å². The van der Waals surface area contributed by atoms with Crippen LogP contribution in [0.25, 0.3) is 0 Å². The first-order chi connectivity index (χ1) is 10.6. The SMILES string of the molecule is CC(=O)CCCC1(OC2CC(C)CCC2C(C)C)OC(C)(C)O1. The zero-order chi connectivity index (χ0) is 17.3. The lowest BCUT2D eigenvalue weighted by Crippen LogP contribution is -2.63. The van der Waals surface area contributed by atoms with Gasteiger partial charge in [0.2, 0.25) is 0 Å². The lowest BCUT2D eigenvalue weighted by atomic mass is 9.75. The van der Waals surface area contributed by atoms with Crippen molar-refractivity contribution in [1.82, 2.24) is 0 Å². The Hall–Kier alpha value is -0.450. The molecule has 1 saturated heterocycles. The van der Waals surface area contributed by atoms with Crippen molar-refractivity contribution in [3.8, 4) is 0 Å². The highest BCUT2D eigenvalue weighted by molar-refractivity contribution is 5.75. The van der Waals surface area contributed by atoms with E-state index in [1.165, 1.54) is 12.8 Å². The Morgan fingerprint density at radius 3 is 2.43 bits per heavy atom. The van der Waals surface area contributed by atoms with E-state index in [0.29, 0.717) is 30.6 Å². The van der Waals surface area contributed by atoms with E-state index in [-0.39, 0.29) is 11.9 Å². The number of hydrogen-bond acceptors (Lipinski definition) is 4. The van der Waals surface area contributed by atoms with Gasteiger partial charge in [-0.25, -0.2) is 0 Å². The average Bonchev–Trinajstić information content (AvgIpc) is 2.35. The molecule has 0 spiro atoms. The Morgan fingerprint density at radius 2 is 1.91 bits per heavy atom. The number of ether oxygens (including phenoxy) is 3. The van der Waals surface area contributed by atoms with Crippen molar-refractivity contribution in [2.45, 2.75) is 97.9 Å². The number of Topliss-reactive ketones (excluding diaryl/α,β-unsaturated/α-hetero) is 1. The monoisotopic (exact) mass is 326 g/mol. The molecule has 2 aliphatic rings. The van der Waals surface area contributed by atoms with Crippen LogP contribution in [-0.2, 0) is 19.0 Å². The molecular weight excluding hydrogens is 292 g/mol. The summed E-state index contributed by atoms with van der Waals surface area (Å²) < 4.78 is 18.4. The molecule has 0 aromatic rings. The fraction of sp³-hybridized carbons (Fsp3) is 0.947. The molecule has 0 amide bonds. The second kappa shape index (κ2) is 7.20. The summed E-state index contributed by atoms with van der Waals surface area (Å²) in [6.45, 7) is 12.3. The molecule has 0 aromatic heterocycles. The number of hydrogen-bond donors (Lipinski definition) is 0. The van der Waals surface area contributed by atoms with Crippen LogP contribution in [-0.4, -0.2) is 23.6 Å². The molecule has 0 N–H and O–H groups in total. The Morgan fingerprint density at radius 1 is 1.26 bits per heavy atom. The minimum Gasteiger partial charge on any atom is -0.324 e. The number of rotatable bonds is 7. The predicted molar refractivity (Wildman–Crippen MR) is 89.7 cm³/mol. The van der Waals surface area contributed by atoms with E-state index in [4.69, 9.17) is 14.2 Å². The van der Waals surface area contributed by atoms with E-state index >= 15 is 0 Å². The first kappa shape index (κ1) is 18.9. The molecule has 3 unspecified atom stereocenters. The minimum absolute atomic E-state index is 0.173. The fourth-order valence-corrected chi connectivity index (χ4v) is 4.00. The summed E-state index contributed by atoms with van der Waals surface area (Å²) in [5, 5.41) is 0. The molecule has 134 valence electrons. The van der Waals surface area contributed by atoms with Crippen molar-refractivity contribution in [3.05, 3.63) is 0 Å². The molecule has 0 aromatic carbocycles. The van der Waals surface area contributed by atoms with E-state index in [0.717, 1.165) is 12.8 Å². The Labute approximate surface area is 141 Å². The van der Waals surface area contributed by atoms with Crippen LogP contribution >= 0.6 is 0 Å². The van der Waals surface area contributed by atoms with Crippen LogP contribution in [0.3, 0.4) is 0 Å². The van der Waals surface area contributed by atoms with Gasteiger partial charge in [0.05, 0.1) is 6.10 Å². The molecule has 3 atom stereocenters. The van der Waals surface area contributed by atoms with E-state index in [1.54, 1.807) is 6.92 Å². The summed E-state index contributed by atoms with van der Waals surface area (Å²) in [6, 6.07) is 0. The van der Waals surface area contributed by atoms with Gasteiger partial charge in [0.25, 0.3) is 5.97 Å². The standard InChI is InChI=1S/C19H34O4/c1-13(2)16-10-9-14(3)12-17(16)21-19(11-7-8-15(4)20)22-18(5,6)23-19/h13-14,16-17H,7-12H2,1-6H3. The first-order valence-corrected chi connectivity index (χ1v) is 9.20. The van der Waals surface area contributed by atoms with Gasteiger partial charge in [-0.3, -0.25) is 9.47 Å². The molecule has 4 nitrogen and oxygen atoms in total. The van der Waals surface area contributed by atoms with Gasteiger partial charge in [0.15, 0.2) is 5.79 Å². The van der Waals surface area contributed by atoms with Crippen molar-refractivity contribution in [2.75, 3.05) is 0 Å². The van der Waals surface area contributed by atoms with Crippen molar-refractivity contribution in [3.63, 3.8) is 0 Å². The third-order valence-corrected chi connectivity index (χ3v) is 5.11. The highest BCUT2D eigenvalue weighted by Gasteiger charge is 2.55. The third kappa shape index (κ3) is 5.01. The molecule has 0 bridgehead atoms. The van der Waals surface area contributed by atoms with Crippen LogP contribution in [0, 0.1) is 17.8 Å². The minimum atomic E-state index is -0.951. The van der Waals surface area contributed by atoms with Crippen molar-refractivity contribution >= 4 is 5.78 Å². The Bertz CT molecular complexity index is 408. The van der Waals surface area contributed by atoms with Crippen LogP contribution in [0.1, 0.15) is 80.1 Å². The summed E-state index contributed by atoms with van der Waals surface area (Å²) in [7, 11) is 0. The van der Waals surface area contributed by atoms with Gasteiger partial charge in [-0.1, -0.05) is 27.2 Å². The zero-order valence-corrected chi connectivity index (χ0v) is 15.7. The predicted octanol–water partition coefficient (Wildman–Crippen LogP) is 4.66. The molecule has 2 rings (SSSR count). The van der Waals surface area contributed by atoms with E-state index < -0.39 is 11.8 Å².